The fourth-order valence-corrected chi connectivity index (χ4v) is 3.98. The molecule has 0 atom stereocenters. The number of thiazole rings is 1. The molecule has 0 saturated heterocycles. The van der Waals surface area contributed by atoms with Gasteiger partial charge in [-0.05, 0) is 42.5 Å². The Morgan fingerprint density at radius 3 is 2.70 bits per heavy atom. The van der Waals surface area contributed by atoms with Crippen molar-refractivity contribution in [2.45, 2.75) is 6.61 Å². The molecular formula is C23H18Cl2N2O5S. The number of hydrogen-bond acceptors (Lipinski definition) is 7. The molecule has 0 radical (unpaired) electrons. The van der Waals surface area contributed by atoms with Crippen LogP contribution < -0.4 is 19.5 Å². The van der Waals surface area contributed by atoms with Crippen molar-refractivity contribution in [1.29, 1.82) is 0 Å². The molecule has 4 aromatic rings. The van der Waals surface area contributed by atoms with Crippen molar-refractivity contribution < 1.29 is 23.4 Å². The molecule has 2 aromatic heterocycles. The van der Waals surface area contributed by atoms with E-state index in [0.29, 0.717) is 43.9 Å². The van der Waals surface area contributed by atoms with Gasteiger partial charge in [0, 0.05) is 22.0 Å². The molecule has 0 spiro atoms. The molecule has 0 bridgehead atoms. The first-order valence-electron chi connectivity index (χ1n) is 9.62. The number of nitrogens with one attached hydrogen (secondary N) is 1. The molecule has 0 aliphatic heterocycles. The second kappa shape index (κ2) is 10.2. The third-order valence-electron chi connectivity index (χ3n) is 4.56. The lowest BCUT2D eigenvalue weighted by Crippen LogP contribution is -2.10. The Balaban J connectivity index is 1.42. The third-order valence-corrected chi connectivity index (χ3v) is 5.86. The number of methoxy groups -OCH3 is 2. The van der Waals surface area contributed by atoms with Crippen molar-refractivity contribution in [2.75, 3.05) is 19.5 Å². The van der Waals surface area contributed by atoms with Gasteiger partial charge >= 0.3 is 0 Å². The summed E-state index contributed by atoms with van der Waals surface area (Å²) in [5.74, 6) is 1.90. The van der Waals surface area contributed by atoms with Crippen LogP contribution in [0.4, 0.5) is 5.13 Å². The van der Waals surface area contributed by atoms with Crippen LogP contribution in [-0.4, -0.2) is 25.1 Å². The summed E-state index contributed by atoms with van der Waals surface area (Å²) in [7, 11) is 3.17. The lowest BCUT2D eigenvalue weighted by molar-refractivity contribution is 0.0992. The third kappa shape index (κ3) is 5.42. The number of carbonyl (C=O) groups is 1. The van der Waals surface area contributed by atoms with Crippen LogP contribution in [0.25, 0.3) is 11.3 Å². The topological polar surface area (TPSA) is 82.8 Å². The Kier molecular flexibility index (Phi) is 7.08. The van der Waals surface area contributed by atoms with Gasteiger partial charge in [0.1, 0.15) is 29.6 Å². The minimum absolute atomic E-state index is 0.0877. The minimum atomic E-state index is -0.430. The van der Waals surface area contributed by atoms with E-state index in [1.807, 2.05) is 11.4 Å². The molecule has 0 unspecified atom stereocenters. The van der Waals surface area contributed by atoms with E-state index in [0.717, 1.165) is 5.56 Å². The van der Waals surface area contributed by atoms with Gasteiger partial charge in [-0.25, -0.2) is 4.98 Å². The maximum atomic E-state index is 12.6. The predicted octanol–water partition coefficient (Wildman–Crippen LogP) is 6.56. The number of carbonyl (C=O) groups excluding carboxylic acids is 1. The summed E-state index contributed by atoms with van der Waals surface area (Å²) in [6.45, 7) is 0.0877. The van der Waals surface area contributed by atoms with Gasteiger partial charge in [-0.3, -0.25) is 10.1 Å². The van der Waals surface area contributed by atoms with Crippen LogP contribution in [0.5, 0.6) is 17.2 Å². The first-order valence-corrected chi connectivity index (χ1v) is 11.3. The van der Waals surface area contributed by atoms with Gasteiger partial charge in [0.2, 0.25) is 0 Å². The van der Waals surface area contributed by atoms with E-state index in [1.54, 1.807) is 56.7 Å². The van der Waals surface area contributed by atoms with E-state index < -0.39 is 5.91 Å². The van der Waals surface area contributed by atoms with Crippen LogP contribution in [0.3, 0.4) is 0 Å². The number of furan rings is 1. The Hall–Kier alpha value is -3.20. The normalized spacial score (nSPS) is 10.7. The number of rotatable bonds is 8. The molecule has 0 aliphatic carbocycles. The lowest BCUT2D eigenvalue weighted by Gasteiger charge is -2.08. The highest BCUT2D eigenvalue weighted by Crippen LogP contribution is 2.35. The van der Waals surface area contributed by atoms with E-state index in [-0.39, 0.29) is 12.4 Å². The minimum Gasteiger partial charge on any atom is -0.497 e. The molecule has 2 aromatic carbocycles. The van der Waals surface area contributed by atoms with Crippen LogP contribution in [-0.2, 0) is 6.61 Å². The molecule has 0 fully saturated rings. The average Bonchev–Trinajstić information content (AvgIpc) is 3.49. The van der Waals surface area contributed by atoms with Crippen LogP contribution >= 0.6 is 34.5 Å². The number of amides is 1. The van der Waals surface area contributed by atoms with E-state index in [2.05, 4.69) is 10.3 Å². The highest BCUT2D eigenvalue weighted by Gasteiger charge is 2.16. The molecule has 0 saturated carbocycles. The van der Waals surface area contributed by atoms with Gasteiger partial charge in [0.25, 0.3) is 5.91 Å². The zero-order valence-corrected chi connectivity index (χ0v) is 19.9. The van der Waals surface area contributed by atoms with Gasteiger partial charge in [0.15, 0.2) is 10.9 Å². The van der Waals surface area contributed by atoms with Crippen LogP contribution in [0.1, 0.15) is 16.3 Å². The molecular weight excluding hydrogens is 487 g/mol. The summed E-state index contributed by atoms with van der Waals surface area (Å²) >= 11 is 13.3. The predicted molar refractivity (Wildman–Crippen MR) is 128 cm³/mol. The maximum absolute atomic E-state index is 12.6. The Labute approximate surface area is 203 Å². The van der Waals surface area contributed by atoms with Gasteiger partial charge in [0.05, 0.1) is 24.9 Å². The number of halogens is 2. The first kappa shape index (κ1) is 23.0. The number of hydrogen-bond donors (Lipinski definition) is 1. The Bertz CT molecular complexity index is 1290. The molecule has 170 valence electrons. The van der Waals surface area contributed by atoms with Crippen molar-refractivity contribution in [3.63, 3.8) is 0 Å². The number of ether oxygens (including phenoxy) is 3. The number of aromatic nitrogens is 1. The first-order chi connectivity index (χ1) is 16.0. The summed E-state index contributed by atoms with van der Waals surface area (Å²) in [6.07, 6.45) is 0. The van der Waals surface area contributed by atoms with Gasteiger partial charge < -0.3 is 18.6 Å². The van der Waals surface area contributed by atoms with Crippen LogP contribution in [0.2, 0.25) is 10.0 Å². The molecule has 2 heterocycles. The van der Waals surface area contributed by atoms with Crippen LogP contribution in [0.15, 0.2) is 58.3 Å². The SMILES string of the molecule is COc1ccc(OC)c(-c2csc(NC(=O)c3ccc(COc4cc(Cl)ccc4Cl)o3)n2)c1. The van der Waals surface area contributed by atoms with E-state index in [1.165, 1.54) is 11.3 Å². The lowest BCUT2D eigenvalue weighted by atomic mass is 10.1. The van der Waals surface area contributed by atoms with Crippen molar-refractivity contribution in [3.05, 3.63) is 75.5 Å². The summed E-state index contributed by atoms with van der Waals surface area (Å²) in [4.78, 5) is 17.1. The van der Waals surface area contributed by atoms with Crippen molar-refractivity contribution in [2.24, 2.45) is 0 Å². The van der Waals surface area contributed by atoms with Crippen LogP contribution in [0, 0.1) is 0 Å². The molecule has 0 aliphatic rings. The summed E-state index contributed by atoms with van der Waals surface area (Å²) in [6, 6.07) is 13.6. The summed E-state index contributed by atoms with van der Waals surface area (Å²) < 4.78 is 21.9. The molecule has 33 heavy (non-hydrogen) atoms. The summed E-state index contributed by atoms with van der Waals surface area (Å²) in [5.41, 5.74) is 1.41. The van der Waals surface area contributed by atoms with E-state index >= 15 is 0 Å². The van der Waals surface area contributed by atoms with Gasteiger partial charge in [-0.1, -0.05) is 23.2 Å². The number of benzene rings is 2. The largest absolute Gasteiger partial charge is 0.497 e. The van der Waals surface area contributed by atoms with Gasteiger partial charge in [-0.15, -0.1) is 11.3 Å². The highest BCUT2D eigenvalue weighted by molar-refractivity contribution is 7.14. The molecule has 1 amide bonds. The second-order valence-corrected chi connectivity index (χ2v) is 8.39. The zero-order chi connectivity index (χ0) is 23.4. The maximum Gasteiger partial charge on any atom is 0.293 e. The van der Waals surface area contributed by atoms with E-state index in [9.17, 15) is 4.79 Å². The highest BCUT2D eigenvalue weighted by atomic mass is 35.5. The smallest absolute Gasteiger partial charge is 0.293 e. The number of anilines is 1. The van der Waals surface area contributed by atoms with Gasteiger partial charge in [-0.2, -0.15) is 0 Å². The zero-order valence-electron chi connectivity index (χ0n) is 17.6. The Morgan fingerprint density at radius 1 is 1.06 bits per heavy atom. The molecule has 7 nitrogen and oxygen atoms in total. The fraction of sp³-hybridized carbons (Fsp3) is 0.130. The monoisotopic (exact) mass is 504 g/mol. The van der Waals surface area contributed by atoms with Crippen molar-refractivity contribution in [1.82, 2.24) is 4.98 Å². The number of nitrogens with zero attached hydrogens (tertiary/aromatic N) is 1. The fourth-order valence-electron chi connectivity index (χ4n) is 2.94. The standard InChI is InChI=1S/C23H18Cl2N2O5S/c1-29-14-4-7-19(30-2)16(10-14)18-12-33-23(26-18)27-22(28)20-8-5-15(32-20)11-31-21-9-13(24)3-6-17(21)25/h3-10,12H,11H2,1-2H3,(H,26,27,28). The molecule has 4 rings (SSSR count). The Morgan fingerprint density at radius 2 is 1.91 bits per heavy atom. The summed E-state index contributed by atoms with van der Waals surface area (Å²) in [5, 5.41) is 5.91. The van der Waals surface area contributed by atoms with Crippen molar-refractivity contribution >= 4 is 45.6 Å². The van der Waals surface area contributed by atoms with Crippen molar-refractivity contribution in [3.8, 4) is 28.5 Å². The second-order valence-electron chi connectivity index (χ2n) is 6.69. The molecule has 10 heteroatoms. The average molecular weight is 505 g/mol. The van der Waals surface area contributed by atoms with E-state index in [4.69, 9.17) is 41.8 Å². The quantitative estimate of drug-likeness (QED) is 0.292. The molecule has 1 N–H and O–H groups in total.